The third-order valence-electron chi connectivity index (χ3n) is 2.31. The molecule has 3 N–H and O–H groups in total. The average Bonchev–Trinajstić information content (AvgIpc) is 2.26. The van der Waals surface area contributed by atoms with Crippen LogP contribution in [0.15, 0.2) is 18.2 Å². The van der Waals surface area contributed by atoms with Crippen LogP contribution in [0.4, 0.5) is 0 Å². The van der Waals surface area contributed by atoms with E-state index in [0.717, 1.165) is 18.5 Å². The van der Waals surface area contributed by atoms with Gasteiger partial charge in [-0.1, -0.05) is 19.4 Å². The zero-order valence-corrected chi connectivity index (χ0v) is 9.86. The minimum absolute atomic E-state index is 0.0266. The van der Waals surface area contributed by atoms with Crippen LogP contribution in [0.25, 0.3) is 0 Å². The summed E-state index contributed by atoms with van der Waals surface area (Å²) in [4.78, 5) is 15.8. The van der Waals surface area contributed by atoms with Crippen molar-refractivity contribution < 1.29 is 4.79 Å². The fourth-order valence-corrected chi connectivity index (χ4v) is 1.46. The first-order valence-electron chi connectivity index (χ1n) is 5.61. The number of hydrogen-bond donors (Lipinski definition) is 2. The predicted octanol–water partition coefficient (Wildman–Crippen LogP) is 1.25. The van der Waals surface area contributed by atoms with Crippen LogP contribution in [0, 0.1) is 6.92 Å². The number of hydrogen-bond acceptors (Lipinski definition) is 3. The molecule has 1 rings (SSSR count). The maximum absolute atomic E-state index is 11.7. The van der Waals surface area contributed by atoms with Crippen LogP contribution in [0.3, 0.4) is 0 Å². The number of carbonyl (C=O) groups excluding carboxylic acids is 1. The minimum Gasteiger partial charge on any atom is -0.349 e. The highest BCUT2D eigenvalue weighted by Gasteiger charge is 2.08. The molecule has 0 radical (unpaired) electrons. The van der Waals surface area contributed by atoms with E-state index in [1.54, 1.807) is 6.07 Å². The highest BCUT2D eigenvalue weighted by atomic mass is 16.1. The Morgan fingerprint density at radius 1 is 1.56 bits per heavy atom. The summed E-state index contributed by atoms with van der Waals surface area (Å²) in [6.45, 7) is 4.44. The lowest BCUT2D eigenvalue weighted by Gasteiger charge is -2.11. The van der Waals surface area contributed by atoms with E-state index in [4.69, 9.17) is 5.73 Å². The zero-order valence-electron chi connectivity index (χ0n) is 9.86. The molecule has 1 amide bonds. The third kappa shape index (κ3) is 3.98. The second kappa shape index (κ2) is 6.23. The van der Waals surface area contributed by atoms with Crippen LogP contribution in [0.1, 0.15) is 35.9 Å². The van der Waals surface area contributed by atoms with Crippen LogP contribution in [-0.2, 0) is 0 Å². The molecular weight excluding hydrogens is 202 g/mol. The Kier molecular flexibility index (Phi) is 4.92. The predicted molar refractivity (Wildman–Crippen MR) is 64.2 cm³/mol. The first-order valence-corrected chi connectivity index (χ1v) is 5.61. The van der Waals surface area contributed by atoms with Gasteiger partial charge in [-0.3, -0.25) is 4.79 Å². The topological polar surface area (TPSA) is 68.0 Å². The van der Waals surface area contributed by atoms with Gasteiger partial charge in [0.25, 0.3) is 5.91 Å². The third-order valence-corrected chi connectivity index (χ3v) is 2.31. The Balaban J connectivity index is 2.47. The summed E-state index contributed by atoms with van der Waals surface area (Å²) in [6, 6.07) is 5.41. The molecule has 4 nitrogen and oxygen atoms in total. The van der Waals surface area contributed by atoms with Crippen molar-refractivity contribution in [1.29, 1.82) is 0 Å². The normalized spacial score (nSPS) is 12.2. The van der Waals surface area contributed by atoms with Gasteiger partial charge < -0.3 is 11.1 Å². The van der Waals surface area contributed by atoms with Gasteiger partial charge in [-0.05, 0) is 25.5 Å². The summed E-state index contributed by atoms with van der Waals surface area (Å²) in [5.74, 6) is -0.157. The van der Waals surface area contributed by atoms with Crippen molar-refractivity contribution in [2.24, 2.45) is 5.73 Å². The fourth-order valence-electron chi connectivity index (χ4n) is 1.46. The molecule has 0 saturated heterocycles. The second-order valence-corrected chi connectivity index (χ2v) is 3.92. The van der Waals surface area contributed by atoms with Crippen LogP contribution in [0.5, 0.6) is 0 Å². The first kappa shape index (κ1) is 12.6. The monoisotopic (exact) mass is 221 g/mol. The molecule has 1 unspecified atom stereocenters. The van der Waals surface area contributed by atoms with Gasteiger partial charge in [0.05, 0.1) is 0 Å². The lowest BCUT2D eigenvalue weighted by atomic mass is 10.2. The van der Waals surface area contributed by atoms with Crippen molar-refractivity contribution in [2.45, 2.75) is 32.7 Å². The standard InChI is InChI=1S/C12H19N3O/c1-3-5-10(13)8-14-12(16)11-7-4-6-9(2)15-11/h4,6-7,10H,3,5,8,13H2,1-2H3,(H,14,16). The van der Waals surface area contributed by atoms with E-state index in [1.165, 1.54) is 0 Å². The van der Waals surface area contributed by atoms with Gasteiger partial charge in [-0.15, -0.1) is 0 Å². The van der Waals surface area contributed by atoms with Crippen molar-refractivity contribution in [3.63, 3.8) is 0 Å². The summed E-state index contributed by atoms with van der Waals surface area (Å²) in [6.07, 6.45) is 1.95. The second-order valence-electron chi connectivity index (χ2n) is 3.92. The molecule has 0 spiro atoms. The van der Waals surface area contributed by atoms with E-state index in [2.05, 4.69) is 17.2 Å². The Hall–Kier alpha value is -1.42. The van der Waals surface area contributed by atoms with E-state index in [9.17, 15) is 4.79 Å². The largest absolute Gasteiger partial charge is 0.349 e. The van der Waals surface area contributed by atoms with Crippen molar-refractivity contribution in [3.8, 4) is 0 Å². The fraction of sp³-hybridized carbons (Fsp3) is 0.500. The van der Waals surface area contributed by atoms with Crippen molar-refractivity contribution >= 4 is 5.91 Å². The maximum Gasteiger partial charge on any atom is 0.269 e. The van der Waals surface area contributed by atoms with Crippen molar-refractivity contribution in [3.05, 3.63) is 29.6 Å². The summed E-state index contributed by atoms with van der Waals surface area (Å²) < 4.78 is 0. The number of nitrogens with zero attached hydrogens (tertiary/aromatic N) is 1. The summed E-state index contributed by atoms with van der Waals surface area (Å²) >= 11 is 0. The Bertz CT molecular complexity index is 352. The molecule has 0 saturated carbocycles. The molecule has 0 aromatic carbocycles. The number of aromatic nitrogens is 1. The summed E-state index contributed by atoms with van der Waals surface area (Å²) in [7, 11) is 0. The lowest BCUT2D eigenvalue weighted by Crippen LogP contribution is -2.37. The van der Waals surface area contributed by atoms with Gasteiger partial charge in [0, 0.05) is 18.3 Å². The average molecular weight is 221 g/mol. The van der Waals surface area contributed by atoms with E-state index < -0.39 is 0 Å². The van der Waals surface area contributed by atoms with Gasteiger partial charge in [-0.25, -0.2) is 4.98 Å². The van der Waals surface area contributed by atoms with E-state index in [1.807, 2.05) is 19.1 Å². The number of carbonyl (C=O) groups is 1. The number of rotatable bonds is 5. The van der Waals surface area contributed by atoms with Crippen molar-refractivity contribution in [1.82, 2.24) is 10.3 Å². The molecule has 16 heavy (non-hydrogen) atoms. The van der Waals surface area contributed by atoms with E-state index >= 15 is 0 Å². The Morgan fingerprint density at radius 2 is 2.31 bits per heavy atom. The van der Waals surface area contributed by atoms with Crippen LogP contribution in [0.2, 0.25) is 0 Å². The molecular formula is C12H19N3O. The number of nitrogens with two attached hydrogens (primary N) is 1. The van der Waals surface area contributed by atoms with Crippen LogP contribution < -0.4 is 11.1 Å². The van der Waals surface area contributed by atoms with Gasteiger partial charge in [0.15, 0.2) is 0 Å². The molecule has 0 bridgehead atoms. The highest BCUT2D eigenvalue weighted by Crippen LogP contribution is 1.98. The smallest absolute Gasteiger partial charge is 0.269 e. The number of pyridine rings is 1. The van der Waals surface area contributed by atoms with Crippen molar-refractivity contribution in [2.75, 3.05) is 6.54 Å². The number of aryl methyl sites for hydroxylation is 1. The maximum atomic E-state index is 11.7. The molecule has 0 aliphatic carbocycles. The molecule has 0 fully saturated rings. The summed E-state index contributed by atoms with van der Waals surface area (Å²) in [5.41, 5.74) is 7.09. The molecule has 1 aromatic heterocycles. The molecule has 0 aliphatic rings. The number of nitrogens with one attached hydrogen (secondary N) is 1. The van der Waals surface area contributed by atoms with Gasteiger partial charge in [0.1, 0.15) is 5.69 Å². The Morgan fingerprint density at radius 3 is 2.94 bits per heavy atom. The SMILES string of the molecule is CCCC(N)CNC(=O)c1cccc(C)n1. The van der Waals surface area contributed by atoms with Gasteiger partial charge >= 0.3 is 0 Å². The zero-order chi connectivity index (χ0) is 12.0. The van der Waals surface area contributed by atoms with E-state index in [0.29, 0.717) is 12.2 Å². The molecule has 1 heterocycles. The van der Waals surface area contributed by atoms with Gasteiger partial charge in [-0.2, -0.15) is 0 Å². The minimum atomic E-state index is -0.157. The molecule has 88 valence electrons. The van der Waals surface area contributed by atoms with E-state index in [-0.39, 0.29) is 11.9 Å². The molecule has 0 aliphatic heterocycles. The molecule has 1 aromatic rings. The molecule has 1 atom stereocenters. The quantitative estimate of drug-likeness (QED) is 0.786. The summed E-state index contributed by atoms with van der Waals surface area (Å²) in [5, 5.41) is 2.78. The van der Waals surface area contributed by atoms with Gasteiger partial charge in [0.2, 0.25) is 0 Å². The number of amides is 1. The Labute approximate surface area is 96.3 Å². The lowest BCUT2D eigenvalue weighted by molar-refractivity contribution is 0.0945. The van der Waals surface area contributed by atoms with Crippen LogP contribution >= 0.6 is 0 Å². The van der Waals surface area contributed by atoms with Crippen LogP contribution in [-0.4, -0.2) is 23.5 Å². The highest BCUT2D eigenvalue weighted by molar-refractivity contribution is 5.92. The first-order chi connectivity index (χ1) is 7.63. The molecule has 4 heteroatoms.